The summed E-state index contributed by atoms with van der Waals surface area (Å²) in [6.45, 7) is 3.91. The zero-order valence-corrected chi connectivity index (χ0v) is 24.2. The van der Waals surface area contributed by atoms with Crippen LogP contribution in [0.25, 0.3) is 16.6 Å². The van der Waals surface area contributed by atoms with Crippen LogP contribution in [0, 0.1) is 12.7 Å². The number of fused-ring (bicyclic) bond motifs is 1. The highest BCUT2D eigenvalue weighted by molar-refractivity contribution is 5.96. The van der Waals surface area contributed by atoms with E-state index in [0.29, 0.717) is 37.1 Å². The number of aryl methyl sites for hydroxylation is 1. The third-order valence-corrected chi connectivity index (χ3v) is 7.86. The van der Waals surface area contributed by atoms with Crippen molar-refractivity contribution in [2.24, 2.45) is 0 Å². The molecule has 0 atom stereocenters. The van der Waals surface area contributed by atoms with Gasteiger partial charge in [-0.1, -0.05) is 49.4 Å². The van der Waals surface area contributed by atoms with Crippen LogP contribution in [0.2, 0.25) is 0 Å². The molecule has 0 spiro atoms. The van der Waals surface area contributed by atoms with Crippen LogP contribution in [0.1, 0.15) is 58.5 Å². The Morgan fingerprint density at radius 3 is 2.36 bits per heavy atom. The average molecular weight is 591 g/mol. The third kappa shape index (κ3) is 6.78. The first-order valence-corrected chi connectivity index (χ1v) is 14.8. The minimum absolute atomic E-state index is 0.0233. The van der Waals surface area contributed by atoms with Crippen LogP contribution in [-0.4, -0.2) is 38.5 Å². The molecule has 1 radical (unpaired) electrons. The fraction of sp³-hybridized carbons (Fsp3) is 0.229. The minimum atomic E-state index is -0.628. The van der Waals surface area contributed by atoms with Crippen molar-refractivity contribution in [1.29, 1.82) is 0 Å². The summed E-state index contributed by atoms with van der Waals surface area (Å²) in [5.74, 6) is -0.790. The van der Waals surface area contributed by atoms with Crippen molar-refractivity contribution in [2.75, 3.05) is 0 Å². The average Bonchev–Trinajstić information content (AvgIpc) is 3.48. The fourth-order valence-corrected chi connectivity index (χ4v) is 5.54. The van der Waals surface area contributed by atoms with E-state index in [0.717, 1.165) is 41.7 Å². The van der Waals surface area contributed by atoms with Crippen LogP contribution in [-0.2, 0) is 6.42 Å². The Morgan fingerprint density at radius 2 is 1.64 bits per heavy atom. The number of hydrogen-bond acceptors (Lipinski definition) is 5. The maximum atomic E-state index is 14.2. The number of benzene rings is 2. The number of halogens is 1. The number of nitrogens with one attached hydrogen (secondary N) is 2. The van der Waals surface area contributed by atoms with Gasteiger partial charge in [0.1, 0.15) is 17.1 Å². The van der Waals surface area contributed by atoms with Gasteiger partial charge in [-0.3, -0.25) is 9.59 Å². The number of hydrogen-bond donors (Lipinski definition) is 2. The van der Waals surface area contributed by atoms with Gasteiger partial charge in [0.2, 0.25) is 5.88 Å². The summed E-state index contributed by atoms with van der Waals surface area (Å²) in [6, 6.07) is 24.2. The standard InChI is InChI=1S/C35H33FN5O3/c1-2-6-23-10-12-24(13-11-23)25-7-5-9-30(19-25)44-35-31(20-26(36)22-37-35)33(42)38-27-14-16-28(17-15-27)39-34(43)32-21-29-8-3-4-18-41(29)40-32/h3-5,7-13,18-22,27-28H,1-2,6,14-17H2,(H,38,42)(H,39,43). The lowest BCUT2D eigenvalue weighted by molar-refractivity contribution is 0.0887. The maximum absolute atomic E-state index is 14.2. The van der Waals surface area contributed by atoms with E-state index in [1.165, 1.54) is 5.56 Å². The highest BCUT2D eigenvalue weighted by Crippen LogP contribution is 2.29. The molecule has 0 unspecified atom stereocenters. The first kappa shape index (κ1) is 29.0. The number of ether oxygens (including phenoxy) is 1. The van der Waals surface area contributed by atoms with E-state index >= 15 is 0 Å². The molecule has 0 aliphatic heterocycles. The third-order valence-electron chi connectivity index (χ3n) is 7.86. The summed E-state index contributed by atoms with van der Waals surface area (Å²) in [6.07, 6.45) is 7.31. The molecule has 6 rings (SSSR count). The second kappa shape index (κ2) is 13.1. The van der Waals surface area contributed by atoms with E-state index in [1.807, 2.05) is 36.4 Å². The van der Waals surface area contributed by atoms with Gasteiger partial charge in [0.25, 0.3) is 11.8 Å². The Bertz CT molecular complexity index is 1740. The van der Waals surface area contributed by atoms with E-state index in [-0.39, 0.29) is 29.4 Å². The second-order valence-electron chi connectivity index (χ2n) is 11.0. The molecule has 1 saturated carbocycles. The smallest absolute Gasteiger partial charge is 0.272 e. The molecule has 9 heteroatoms. The number of carbonyl (C=O) groups is 2. The predicted octanol–water partition coefficient (Wildman–Crippen LogP) is 6.57. The molecule has 1 aliphatic carbocycles. The molecule has 5 aromatic rings. The molecule has 1 fully saturated rings. The molecule has 2 N–H and O–H groups in total. The first-order valence-electron chi connectivity index (χ1n) is 14.8. The molecule has 0 bridgehead atoms. The number of nitrogens with zero attached hydrogens (tertiary/aromatic N) is 3. The summed E-state index contributed by atoms with van der Waals surface area (Å²) in [5, 5.41) is 10.4. The van der Waals surface area contributed by atoms with Crippen molar-refractivity contribution in [3.8, 4) is 22.8 Å². The second-order valence-corrected chi connectivity index (χ2v) is 11.0. The molecule has 0 saturated heterocycles. The Kier molecular flexibility index (Phi) is 8.63. The normalized spacial score (nSPS) is 16.4. The van der Waals surface area contributed by atoms with Crippen LogP contribution in [0.4, 0.5) is 4.39 Å². The molecule has 223 valence electrons. The molecule has 3 heterocycles. The Hall–Kier alpha value is -5.05. The van der Waals surface area contributed by atoms with Gasteiger partial charge < -0.3 is 15.4 Å². The van der Waals surface area contributed by atoms with Crippen molar-refractivity contribution in [2.45, 2.75) is 50.6 Å². The van der Waals surface area contributed by atoms with Crippen molar-refractivity contribution in [1.82, 2.24) is 25.2 Å². The number of rotatable bonds is 9. The lowest BCUT2D eigenvalue weighted by Gasteiger charge is -2.29. The SMILES string of the molecule is [CH2]CCc1ccc(-c2cccc(Oc3ncc(F)cc3C(=O)NC3CCC(NC(=O)c4cc5ccccn5n4)CC3)c2)cc1. The van der Waals surface area contributed by atoms with Crippen molar-refractivity contribution in [3.05, 3.63) is 121 Å². The summed E-state index contributed by atoms with van der Waals surface area (Å²) < 4.78 is 21.9. The van der Waals surface area contributed by atoms with Crippen LogP contribution in [0.3, 0.4) is 0 Å². The van der Waals surface area contributed by atoms with Gasteiger partial charge in [0, 0.05) is 18.3 Å². The Labute approximate surface area is 255 Å². The van der Waals surface area contributed by atoms with E-state index in [1.54, 1.807) is 22.8 Å². The Balaban J connectivity index is 1.07. The largest absolute Gasteiger partial charge is 0.438 e. The molecule has 44 heavy (non-hydrogen) atoms. The monoisotopic (exact) mass is 590 g/mol. The Morgan fingerprint density at radius 1 is 0.886 bits per heavy atom. The number of amides is 2. The highest BCUT2D eigenvalue weighted by atomic mass is 19.1. The lowest BCUT2D eigenvalue weighted by Crippen LogP contribution is -2.44. The van der Waals surface area contributed by atoms with Crippen LogP contribution in [0.15, 0.2) is 91.3 Å². The van der Waals surface area contributed by atoms with Crippen LogP contribution < -0.4 is 15.4 Å². The summed E-state index contributed by atoms with van der Waals surface area (Å²) >= 11 is 0. The summed E-state index contributed by atoms with van der Waals surface area (Å²) in [4.78, 5) is 30.2. The van der Waals surface area contributed by atoms with E-state index in [2.05, 4.69) is 51.9 Å². The number of carbonyl (C=O) groups excluding carboxylic acids is 2. The fourth-order valence-electron chi connectivity index (χ4n) is 5.54. The van der Waals surface area contributed by atoms with Crippen LogP contribution in [0.5, 0.6) is 11.6 Å². The molecule has 2 amide bonds. The molecule has 8 nitrogen and oxygen atoms in total. The van der Waals surface area contributed by atoms with Crippen molar-refractivity contribution >= 4 is 17.3 Å². The quantitative estimate of drug-likeness (QED) is 0.203. The van der Waals surface area contributed by atoms with E-state index in [9.17, 15) is 14.0 Å². The maximum Gasteiger partial charge on any atom is 0.272 e. The predicted molar refractivity (Wildman–Crippen MR) is 166 cm³/mol. The van der Waals surface area contributed by atoms with E-state index in [4.69, 9.17) is 4.74 Å². The van der Waals surface area contributed by atoms with Crippen molar-refractivity contribution in [3.63, 3.8) is 0 Å². The topological polar surface area (TPSA) is 97.6 Å². The van der Waals surface area contributed by atoms with Gasteiger partial charge in [0.15, 0.2) is 5.69 Å². The summed E-state index contributed by atoms with van der Waals surface area (Å²) in [5.41, 5.74) is 4.44. The highest BCUT2D eigenvalue weighted by Gasteiger charge is 2.26. The zero-order chi connectivity index (χ0) is 30.5. The summed E-state index contributed by atoms with van der Waals surface area (Å²) in [7, 11) is 0. The molecule has 1 aliphatic rings. The first-order chi connectivity index (χ1) is 21.4. The van der Waals surface area contributed by atoms with Crippen LogP contribution >= 0.6 is 0 Å². The van der Waals surface area contributed by atoms with Gasteiger partial charge in [-0.15, -0.1) is 0 Å². The molecule has 3 aromatic heterocycles. The molecular formula is C35H33FN5O3. The number of aromatic nitrogens is 3. The minimum Gasteiger partial charge on any atom is -0.438 e. The molecule has 2 aromatic carbocycles. The lowest BCUT2D eigenvalue weighted by atomic mass is 9.91. The van der Waals surface area contributed by atoms with Crippen molar-refractivity contribution < 1.29 is 18.7 Å². The zero-order valence-electron chi connectivity index (χ0n) is 24.2. The molecular weight excluding hydrogens is 557 g/mol. The van der Waals surface area contributed by atoms with Gasteiger partial charge >= 0.3 is 0 Å². The number of pyridine rings is 2. The van der Waals surface area contributed by atoms with Gasteiger partial charge in [0.05, 0.1) is 11.7 Å². The van der Waals surface area contributed by atoms with Gasteiger partial charge in [-0.2, -0.15) is 5.10 Å². The van der Waals surface area contributed by atoms with E-state index < -0.39 is 11.7 Å². The van der Waals surface area contributed by atoms with Gasteiger partial charge in [-0.25, -0.2) is 13.9 Å². The van der Waals surface area contributed by atoms with Gasteiger partial charge in [-0.05, 0) is 91.6 Å².